The zero-order valence-electron chi connectivity index (χ0n) is 14.3. The molecule has 0 unspecified atom stereocenters. The molecule has 2 fully saturated rings. The highest BCUT2D eigenvalue weighted by Crippen LogP contribution is 2.32. The molecule has 1 aromatic carbocycles. The van der Waals surface area contributed by atoms with Gasteiger partial charge in [-0.05, 0) is 32.1 Å². The lowest BCUT2D eigenvalue weighted by molar-refractivity contribution is -0.138. The topological polar surface area (TPSA) is 68.5 Å². The molecular weight excluding hydrogens is 318 g/mol. The number of hydrogen-bond donors (Lipinski definition) is 0. The van der Waals surface area contributed by atoms with Gasteiger partial charge in [0.15, 0.2) is 0 Å². The van der Waals surface area contributed by atoms with Gasteiger partial charge < -0.3 is 14.2 Å². The first-order valence-corrected chi connectivity index (χ1v) is 9.11. The van der Waals surface area contributed by atoms with E-state index < -0.39 is 0 Å². The summed E-state index contributed by atoms with van der Waals surface area (Å²) < 4.78 is 11.1. The fourth-order valence-electron chi connectivity index (χ4n) is 3.68. The summed E-state index contributed by atoms with van der Waals surface area (Å²) in [6.07, 6.45) is 5.50. The van der Waals surface area contributed by atoms with E-state index in [4.69, 9.17) is 9.26 Å². The Labute approximate surface area is 147 Å². The lowest BCUT2D eigenvalue weighted by Crippen LogP contribution is -2.40. The molecule has 0 radical (unpaired) electrons. The minimum atomic E-state index is -0.118. The van der Waals surface area contributed by atoms with E-state index in [1.165, 1.54) is 0 Å². The zero-order valence-corrected chi connectivity index (χ0v) is 14.3. The largest absolute Gasteiger partial charge is 0.378 e. The molecule has 2 atom stereocenters. The summed E-state index contributed by atoms with van der Waals surface area (Å²) in [5, 5.41) is 4.11. The van der Waals surface area contributed by atoms with Gasteiger partial charge in [-0.1, -0.05) is 35.5 Å². The molecule has 25 heavy (non-hydrogen) atoms. The standard InChI is InChI=1S/C19H23N3O3/c23-17(13-15-9-6-12-24-15)22-11-5-4-10-16(22)19-20-18(21-25-19)14-7-2-1-3-8-14/h1-3,7-8,15-16H,4-6,9-13H2/t15-,16-/m0/s1. The second-order valence-electron chi connectivity index (χ2n) is 6.76. The number of rotatable bonds is 4. The molecule has 6 heteroatoms. The summed E-state index contributed by atoms with van der Waals surface area (Å²) in [7, 11) is 0. The van der Waals surface area contributed by atoms with Crippen molar-refractivity contribution in [1.29, 1.82) is 0 Å². The Morgan fingerprint density at radius 1 is 1.16 bits per heavy atom. The van der Waals surface area contributed by atoms with E-state index in [0.29, 0.717) is 18.1 Å². The van der Waals surface area contributed by atoms with Gasteiger partial charge in [-0.25, -0.2) is 0 Å². The third-order valence-electron chi connectivity index (χ3n) is 5.01. The molecule has 0 bridgehead atoms. The lowest BCUT2D eigenvalue weighted by atomic mass is 10.0. The van der Waals surface area contributed by atoms with E-state index in [2.05, 4.69) is 10.1 Å². The van der Waals surface area contributed by atoms with Gasteiger partial charge in [0.2, 0.25) is 17.6 Å². The summed E-state index contributed by atoms with van der Waals surface area (Å²) in [6, 6.07) is 9.64. The molecule has 132 valence electrons. The molecule has 3 heterocycles. The van der Waals surface area contributed by atoms with E-state index in [0.717, 1.165) is 50.8 Å². The number of piperidine rings is 1. The number of hydrogen-bond acceptors (Lipinski definition) is 5. The molecule has 0 spiro atoms. The second-order valence-corrected chi connectivity index (χ2v) is 6.76. The van der Waals surface area contributed by atoms with Crippen molar-refractivity contribution >= 4 is 5.91 Å². The normalized spacial score (nSPS) is 23.8. The van der Waals surface area contributed by atoms with Crippen molar-refractivity contribution in [1.82, 2.24) is 15.0 Å². The van der Waals surface area contributed by atoms with Gasteiger partial charge >= 0.3 is 0 Å². The Hall–Kier alpha value is -2.21. The minimum absolute atomic E-state index is 0.0673. The van der Waals surface area contributed by atoms with Gasteiger partial charge in [-0.15, -0.1) is 0 Å². The average molecular weight is 341 g/mol. The van der Waals surface area contributed by atoms with Crippen LogP contribution in [-0.2, 0) is 9.53 Å². The van der Waals surface area contributed by atoms with E-state index in [-0.39, 0.29) is 18.1 Å². The van der Waals surface area contributed by atoms with Crippen LogP contribution in [0.5, 0.6) is 0 Å². The molecule has 4 rings (SSSR count). The van der Waals surface area contributed by atoms with Gasteiger partial charge in [0.05, 0.1) is 12.5 Å². The third kappa shape index (κ3) is 3.58. The first kappa shape index (κ1) is 16.3. The van der Waals surface area contributed by atoms with Crippen molar-refractivity contribution in [2.75, 3.05) is 13.2 Å². The summed E-state index contributed by atoms with van der Waals surface area (Å²) in [4.78, 5) is 19.2. The van der Waals surface area contributed by atoms with Gasteiger partial charge in [0.25, 0.3) is 0 Å². The van der Waals surface area contributed by atoms with Crippen LogP contribution in [0.25, 0.3) is 11.4 Å². The second kappa shape index (κ2) is 7.35. The summed E-state index contributed by atoms with van der Waals surface area (Å²) >= 11 is 0. The smallest absolute Gasteiger partial charge is 0.249 e. The van der Waals surface area contributed by atoms with Crippen LogP contribution < -0.4 is 0 Å². The van der Waals surface area contributed by atoms with Crippen LogP contribution in [0, 0.1) is 0 Å². The Bertz CT molecular complexity index is 710. The Morgan fingerprint density at radius 3 is 2.84 bits per heavy atom. The predicted molar refractivity (Wildman–Crippen MR) is 91.6 cm³/mol. The quantitative estimate of drug-likeness (QED) is 0.853. The van der Waals surface area contributed by atoms with Crippen LogP contribution in [0.1, 0.15) is 50.5 Å². The van der Waals surface area contributed by atoms with Crippen molar-refractivity contribution in [3.05, 3.63) is 36.2 Å². The Balaban J connectivity index is 1.51. The van der Waals surface area contributed by atoms with Crippen molar-refractivity contribution in [3.8, 4) is 11.4 Å². The van der Waals surface area contributed by atoms with E-state index >= 15 is 0 Å². The molecule has 2 aliphatic heterocycles. The third-order valence-corrected chi connectivity index (χ3v) is 5.01. The number of amides is 1. The van der Waals surface area contributed by atoms with Crippen LogP contribution >= 0.6 is 0 Å². The van der Waals surface area contributed by atoms with E-state index in [1.54, 1.807) is 0 Å². The van der Waals surface area contributed by atoms with Gasteiger partial charge in [-0.3, -0.25) is 4.79 Å². The maximum Gasteiger partial charge on any atom is 0.249 e. The van der Waals surface area contributed by atoms with Gasteiger partial charge in [0.1, 0.15) is 6.04 Å². The molecule has 1 amide bonds. The summed E-state index contributed by atoms with van der Waals surface area (Å²) in [5.41, 5.74) is 0.922. The zero-order chi connectivity index (χ0) is 17.1. The van der Waals surface area contributed by atoms with Crippen molar-refractivity contribution in [3.63, 3.8) is 0 Å². The van der Waals surface area contributed by atoms with Crippen molar-refractivity contribution < 1.29 is 14.1 Å². The highest BCUT2D eigenvalue weighted by molar-refractivity contribution is 5.77. The SMILES string of the molecule is O=C(C[C@@H]1CCCO1)N1CCCC[C@H]1c1nc(-c2ccccc2)no1. The molecule has 2 saturated heterocycles. The summed E-state index contributed by atoms with van der Waals surface area (Å²) in [5.74, 6) is 1.25. The van der Waals surface area contributed by atoms with Gasteiger partial charge in [0, 0.05) is 18.7 Å². The molecular formula is C19H23N3O3. The predicted octanol–water partition coefficient (Wildman–Crippen LogP) is 3.36. The van der Waals surface area contributed by atoms with Crippen LogP contribution in [0.4, 0.5) is 0 Å². The number of benzene rings is 1. The monoisotopic (exact) mass is 341 g/mol. The Morgan fingerprint density at radius 2 is 2.04 bits per heavy atom. The summed E-state index contributed by atoms with van der Waals surface area (Å²) in [6.45, 7) is 1.52. The van der Waals surface area contributed by atoms with Gasteiger partial charge in [-0.2, -0.15) is 4.98 Å². The fourth-order valence-corrected chi connectivity index (χ4v) is 3.68. The van der Waals surface area contributed by atoms with Crippen molar-refractivity contribution in [2.45, 2.75) is 50.7 Å². The Kier molecular flexibility index (Phi) is 4.78. The average Bonchev–Trinajstić information content (AvgIpc) is 3.34. The number of carbonyl (C=O) groups excluding carboxylic acids is 1. The number of ether oxygens (including phenoxy) is 1. The number of aromatic nitrogens is 2. The highest BCUT2D eigenvalue weighted by Gasteiger charge is 2.33. The number of carbonyl (C=O) groups is 1. The minimum Gasteiger partial charge on any atom is -0.378 e. The first-order chi connectivity index (χ1) is 12.3. The maximum atomic E-state index is 12.8. The maximum absolute atomic E-state index is 12.8. The van der Waals surface area contributed by atoms with Crippen LogP contribution in [-0.4, -0.2) is 40.2 Å². The molecule has 0 N–H and O–H groups in total. The molecule has 0 saturated carbocycles. The molecule has 0 aliphatic carbocycles. The lowest BCUT2D eigenvalue weighted by Gasteiger charge is -2.34. The highest BCUT2D eigenvalue weighted by atomic mass is 16.5. The number of nitrogens with zero attached hydrogens (tertiary/aromatic N) is 3. The van der Waals surface area contributed by atoms with E-state index in [9.17, 15) is 4.79 Å². The fraction of sp³-hybridized carbons (Fsp3) is 0.526. The van der Waals surface area contributed by atoms with E-state index in [1.807, 2.05) is 35.2 Å². The molecule has 2 aliphatic rings. The molecule has 6 nitrogen and oxygen atoms in total. The molecule has 1 aromatic heterocycles. The van der Waals surface area contributed by atoms with Crippen molar-refractivity contribution in [2.24, 2.45) is 0 Å². The number of likely N-dealkylation sites (tertiary alicyclic amines) is 1. The van der Waals surface area contributed by atoms with Crippen LogP contribution in [0.2, 0.25) is 0 Å². The molecule has 2 aromatic rings. The first-order valence-electron chi connectivity index (χ1n) is 9.11. The van der Waals surface area contributed by atoms with Crippen LogP contribution in [0.15, 0.2) is 34.9 Å². The van der Waals surface area contributed by atoms with Crippen LogP contribution in [0.3, 0.4) is 0 Å².